The first-order chi connectivity index (χ1) is 10.5. The fraction of sp³-hybridized carbons (Fsp3) is 0.500. The van der Waals surface area contributed by atoms with Crippen LogP contribution in [0.1, 0.15) is 56.9 Å². The molecule has 2 aromatic rings. The number of ketones is 1. The lowest BCUT2D eigenvalue weighted by molar-refractivity contribution is 0.0941. The minimum Gasteiger partial charge on any atom is -0.352 e. The van der Waals surface area contributed by atoms with Crippen LogP contribution in [0.4, 0.5) is 8.78 Å². The highest BCUT2D eigenvalue weighted by Crippen LogP contribution is 2.27. The van der Waals surface area contributed by atoms with Crippen molar-refractivity contribution in [2.75, 3.05) is 0 Å². The van der Waals surface area contributed by atoms with Gasteiger partial charge in [-0.25, -0.2) is 8.78 Å². The number of rotatable bonds is 7. The highest BCUT2D eigenvalue weighted by atomic mass is 19.1. The molecule has 2 atom stereocenters. The van der Waals surface area contributed by atoms with Crippen molar-refractivity contribution in [2.45, 2.75) is 46.5 Å². The fourth-order valence-corrected chi connectivity index (χ4v) is 3.14. The smallest absolute Gasteiger partial charge is 0.179 e. The van der Waals surface area contributed by atoms with E-state index in [1.807, 2.05) is 0 Å². The molecule has 0 aliphatic rings. The summed E-state index contributed by atoms with van der Waals surface area (Å²) in [5.41, 5.74) is 0.687. The van der Waals surface area contributed by atoms with E-state index in [1.54, 1.807) is 0 Å². The summed E-state index contributed by atoms with van der Waals surface area (Å²) in [6.07, 6.45) is 3.69. The summed E-state index contributed by atoms with van der Waals surface area (Å²) in [6, 6.07) is 3.53. The largest absolute Gasteiger partial charge is 0.352 e. The van der Waals surface area contributed by atoms with Crippen molar-refractivity contribution >= 4 is 16.7 Å². The molecule has 0 fully saturated rings. The Morgan fingerprint density at radius 2 is 1.95 bits per heavy atom. The second kappa shape index (κ2) is 7.03. The minimum atomic E-state index is -0.645. The second-order valence-electron chi connectivity index (χ2n) is 6.09. The van der Waals surface area contributed by atoms with Crippen molar-refractivity contribution in [1.29, 1.82) is 0 Å². The van der Waals surface area contributed by atoms with E-state index in [0.717, 1.165) is 25.3 Å². The summed E-state index contributed by atoms with van der Waals surface area (Å²) >= 11 is 0. The molecule has 1 heterocycles. The Bertz CT molecular complexity index is 662. The monoisotopic (exact) mass is 307 g/mol. The quantitative estimate of drug-likeness (QED) is 0.675. The zero-order valence-electron chi connectivity index (χ0n) is 13.4. The average Bonchev–Trinajstić information content (AvgIpc) is 2.88. The van der Waals surface area contributed by atoms with Crippen molar-refractivity contribution in [3.63, 3.8) is 0 Å². The molecule has 1 N–H and O–H groups in total. The van der Waals surface area contributed by atoms with Crippen molar-refractivity contribution < 1.29 is 13.6 Å². The molecule has 1 unspecified atom stereocenters. The van der Waals surface area contributed by atoms with Crippen LogP contribution in [-0.2, 0) is 0 Å². The molecule has 4 heteroatoms. The van der Waals surface area contributed by atoms with Crippen LogP contribution in [0, 0.1) is 23.5 Å². The Labute approximate surface area is 129 Å². The number of hydrogen-bond donors (Lipinski definition) is 1. The number of Topliss-reactive ketones (excluding diaryl/α,β-unsaturated/α-hetero) is 1. The third-order valence-electron chi connectivity index (χ3n) is 4.45. The van der Waals surface area contributed by atoms with Crippen molar-refractivity contribution in [2.24, 2.45) is 11.8 Å². The number of H-pyrrole nitrogens is 1. The normalized spacial score (nSPS) is 14.2. The van der Waals surface area contributed by atoms with Crippen LogP contribution in [0.25, 0.3) is 10.9 Å². The third kappa shape index (κ3) is 3.54. The number of carbonyl (C=O) groups is 1. The number of benzene rings is 1. The van der Waals surface area contributed by atoms with Gasteiger partial charge in [0.1, 0.15) is 11.6 Å². The molecule has 0 bridgehead atoms. The molecule has 120 valence electrons. The van der Waals surface area contributed by atoms with Gasteiger partial charge in [0.05, 0.1) is 11.2 Å². The summed E-state index contributed by atoms with van der Waals surface area (Å²) in [6.45, 7) is 6.37. The van der Waals surface area contributed by atoms with E-state index in [4.69, 9.17) is 0 Å². The molecule has 0 radical (unpaired) electrons. The van der Waals surface area contributed by atoms with Gasteiger partial charge in [0, 0.05) is 17.9 Å². The lowest BCUT2D eigenvalue weighted by Crippen LogP contribution is -2.15. The molecule has 1 aromatic heterocycles. The average molecular weight is 307 g/mol. The van der Waals surface area contributed by atoms with Gasteiger partial charge in [0.15, 0.2) is 5.78 Å². The number of hydrogen-bond acceptors (Lipinski definition) is 1. The molecule has 0 aliphatic heterocycles. The van der Waals surface area contributed by atoms with E-state index in [9.17, 15) is 13.6 Å². The van der Waals surface area contributed by atoms with E-state index >= 15 is 0 Å². The van der Waals surface area contributed by atoms with E-state index in [1.165, 1.54) is 12.1 Å². The zero-order valence-corrected chi connectivity index (χ0v) is 13.4. The summed E-state index contributed by atoms with van der Waals surface area (Å²) in [5, 5.41) is 0.262. The van der Waals surface area contributed by atoms with Gasteiger partial charge in [-0.3, -0.25) is 4.79 Å². The van der Waals surface area contributed by atoms with Gasteiger partial charge in [-0.2, -0.15) is 0 Å². The minimum absolute atomic E-state index is 0.0435. The van der Waals surface area contributed by atoms with E-state index in [-0.39, 0.29) is 17.1 Å². The van der Waals surface area contributed by atoms with Crippen LogP contribution < -0.4 is 0 Å². The van der Waals surface area contributed by atoms with Crippen LogP contribution >= 0.6 is 0 Å². The van der Waals surface area contributed by atoms with E-state index in [2.05, 4.69) is 25.8 Å². The van der Waals surface area contributed by atoms with Crippen LogP contribution in [0.5, 0.6) is 0 Å². The van der Waals surface area contributed by atoms with E-state index in [0.29, 0.717) is 23.5 Å². The molecule has 1 aromatic carbocycles. The first kappa shape index (κ1) is 16.7. The Hall–Kier alpha value is -1.71. The molecular weight excluding hydrogens is 284 g/mol. The fourth-order valence-electron chi connectivity index (χ4n) is 3.14. The maximum absolute atomic E-state index is 13.7. The Balaban J connectivity index is 2.17. The summed E-state index contributed by atoms with van der Waals surface area (Å²) < 4.78 is 26.9. The van der Waals surface area contributed by atoms with Gasteiger partial charge in [-0.05, 0) is 24.0 Å². The summed E-state index contributed by atoms with van der Waals surface area (Å²) in [7, 11) is 0. The topological polar surface area (TPSA) is 32.9 Å². The SMILES string of the molecule is CCCC(CC)[C@@H](C)CC(=O)c1cc2c(F)cc(F)cc2[nH]1. The van der Waals surface area contributed by atoms with Crippen molar-refractivity contribution in [1.82, 2.24) is 4.98 Å². The van der Waals surface area contributed by atoms with Gasteiger partial charge in [0.25, 0.3) is 0 Å². The van der Waals surface area contributed by atoms with Crippen LogP contribution in [0.15, 0.2) is 18.2 Å². The Kier molecular flexibility index (Phi) is 5.33. The van der Waals surface area contributed by atoms with Crippen LogP contribution in [-0.4, -0.2) is 10.8 Å². The first-order valence-corrected chi connectivity index (χ1v) is 7.97. The lowest BCUT2D eigenvalue weighted by atomic mass is 9.84. The number of aromatic amines is 1. The molecule has 0 aliphatic carbocycles. The molecule has 0 amide bonds. The van der Waals surface area contributed by atoms with Crippen molar-refractivity contribution in [3.8, 4) is 0 Å². The number of carbonyl (C=O) groups excluding carboxylic acids is 1. The molecular formula is C18H23F2NO. The number of nitrogens with one attached hydrogen (secondary N) is 1. The molecule has 2 nitrogen and oxygen atoms in total. The molecule has 0 spiro atoms. The highest BCUT2D eigenvalue weighted by Gasteiger charge is 2.20. The van der Waals surface area contributed by atoms with Gasteiger partial charge in [-0.15, -0.1) is 0 Å². The number of aromatic nitrogens is 1. The Morgan fingerprint density at radius 3 is 2.59 bits per heavy atom. The van der Waals surface area contributed by atoms with Gasteiger partial charge < -0.3 is 4.98 Å². The molecule has 22 heavy (non-hydrogen) atoms. The lowest BCUT2D eigenvalue weighted by Gasteiger charge is -2.21. The first-order valence-electron chi connectivity index (χ1n) is 7.97. The molecule has 0 saturated carbocycles. The van der Waals surface area contributed by atoms with Gasteiger partial charge >= 0.3 is 0 Å². The standard InChI is InChI=1S/C18H23F2NO/c1-4-6-12(5-2)11(3)7-18(22)17-10-14-15(20)8-13(19)9-16(14)21-17/h8-12,21H,4-7H2,1-3H3/t11-,12?/m0/s1. The maximum Gasteiger partial charge on any atom is 0.179 e. The van der Waals surface area contributed by atoms with Crippen LogP contribution in [0.3, 0.4) is 0 Å². The van der Waals surface area contributed by atoms with Crippen LogP contribution in [0.2, 0.25) is 0 Å². The van der Waals surface area contributed by atoms with Gasteiger partial charge in [0.2, 0.25) is 0 Å². The number of fused-ring (bicyclic) bond motifs is 1. The Morgan fingerprint density at radius 1 is 1.23 bits per heavy atom. The third-order valence-corrected chi connectivity index (χ3v) is 4.45. The maximum atomic E-state index is 13.7. The second-order valence-corrected chi connectivity index (χ2v) is 6.09. The predicted octanol–water partition coefficient (Wildman–Crippen LogP) is 5.48. The molecule has 0 saturated heterocycles. The van der Waals surface area contributed by atoms with E-state index < -0.39 is 11.6 Å². The molecule has 2 rings (SSSR count). The summed E-state index contributed by atoms with van der Waals surface area (Å²) in [4.78, 5) is 15.2. The van der Waals surface area contributed by atoms with Gasteiger partial charge in [-0.1, -0.05) is 40.0 Å². The summed E-state index contributed by atoms with van der Waals surface area (Å²) in [5.74, 6) is -0.528. The number of halogens is 2. The van der Waals surface area contributed by atoms with Crippen molar-refractivity contribution in [3.05, 3.63) is 35.5 Å². The highest BCUT2D eigenvalue weighted by molar-refractivity contribution is 5.99. The zero-order chi connectivity index (χ0) is 16.3. The predicted molar refractivity (Wildman–Crippen MR) is 85.0 cm³/mol.